The van der Waals surface area contributed by atoms with Gasteiger partial charge in [0.05, 0.1) is 6.67 Å². The molecule has 0 bridgehead atoms. The molecule has 1 aliphatic carbocycles. The lowest BCUT2D eigenvalue weighted by Gasteiger charge is -1.95. The first-order valence-corrected chi connectivity index (χ1v) is 12.9. The van der Waals surface area contributed by atoms with E-state index in [1.165, 1.54) is 32.1 Å². The lowest BCUT2D eigenvalue weighted by molar-refractivity contribution is 0.404. The fraction of sp³-hybridized carbons (Fsp3) is 1.00. The van der Waals surface area contributed by atoms with E-state index in [1.54, 1.807) is 13.8 Å². The smallest absolute Gasteiger partial charge is 0.0917 e. The number of alkyl halides is 1. The average Bonchev–Trinajstić information content (AvgIpc) is 3.47. The molecule has 1 heteroatoms. The van der Waals surface area contributed by atoms with Gasteiger partial charge in [0.2, 0.25) is 0 Å². The zero-order valence-electron chi connectivity index (χ0n) is 27.2. The third-order valence-corrected chi connectivity index (χ3v) is 3.56. The van der Waals surface area contributed by atoms with Gasteiger partial charge in [-0.25, -0.2) is 0 Å². The van der Waals surface area contributed by atoms with Crippen molar-refractivity contribution in [2.45, 2.75) is 173 Å². The molecule has 0 nitrogen and oxygen atoms in total. The van der Waals surface area contributed by atoms with E-state index in [1.807, 2.05) is 13.8 Å². The highest BCUT2D eigenvalue weighted by Gasteiger charge is 2.23. The number of halogens is 1. The molecule has 0 atom stereocenters. The predicted molar refractivity (Wildman–Crippen MR) is 171 cm³/mol. The predicted octanol–water partition coefficient (Wildman–Crippen LogP) is 14.0. The van der Waals surface area contributed by atoms with Crippen LogP contribution in [0.4, 0.5) is 4.39 Å². The second-order valence-corrected chi connectivity index (χ2v) is 11.0. The zero-order chi connectivity index (χ0) is 27.8. The maximum absolute atomic E-state index is 11.1. The van der Waals surface area contributed by atoms with Crippen LogP contribution in [0.25, 0.3) is 0 Å². The summed E-state index contributed by atoms with van der Waals surface area (Å²) >= 11 is 0. The lowest BCUT2D eigenvalue weighted by Crippen LogP contribution is -1.85. The van der Waals surface area contributed by atoms with Gasteiger partial charge in [0.25, 0.3) is 0 Å². The Labute approximate surface area is 229 Å². The van der Waals surface area contributed by atoms with E-state index in [2.05, 4.69) is 76.2 Å². The summed E-state index contributed by atoms with van der Waals surface area (Å²) < 4.78 is 31.3. The van der Waals surface area contributed by atoms with Crippen LogP contribution in [0.1, 0.15) is 177 Å². The number of rotatable bonds is 5. The van der Waals surface area contributed by atoms with Crippen molar-refractivity contribution in [3.8, 4) is 0 Å². The number of hydrogen-bond donors (Lipinski definition) is 0. The summed E-state index contributed by atoms with van der Waals surface area (Å²) in [6.45, 7) is 29.6. The van der Waals surface area contributed by atoms with Crippen molar-refractivity contribution in [2.24, 2.45) is 41.4 Å². The average molecular weight is 502 g/mol. The van der Waals surface area contributed by atoms with E-state index in [-0.39, 0.29) is 48.2 Å². The highest BCUT2D eigenvalue weighted by Crippen LogP contribution is 2.35. The third-order valence-electron chi connectivity index (χ3n) is 3.56. The maximum atomic E-state index is 11.1. The molecule has 0 spiro atoms. The second kappa shape index (κ2) is 46.3. The van der Waals surface area contributed by atoms with Gasteiger partial charge < -0.3 is 0 Å². The normalized spacial score (nSPS) is 12.4. The van der Waals surface area contributed by atoms with Crippen LogP contribution < -0.4 is 0 Å². The lowest BCUT2D eigenvalue weighted by atomic mass is 10.1. The first-order valence-electron chi connectivity index (χ1n) is 14.4. The molecule has 222 valence electrons. The molecule has 1 rings (SSSR count). The van der Waals surface area contributed by atoms with E-state index in [0.29, 0.717) is 0 Å². The van der Waals surface area contributed by atoms with Crippen LogP contribution in [0.5, 0.6) is 0 Å². The Morgan fingerprint density at radius 1 is 0.647 bits per heavy atom. The summed E-state index contributed by atoms with van der Waals surface area (Å²) in [6.07, 6.45) is 7.01. The van der Waals surface area contributed by atoms with E-state index in [4.69, 9.17) is 4.11 Å². The van der Waals surface area contributed by atoms with E-state index in [9.17, 15) is 4.39 Å². The quantitative estimate of drug-likeness (QED) is 0.351. The molecule has 0 unspecified atom stereocenters. The molecule has 1 fully saturated rings. The van der Waals surface area contributed by atoms with Crippen molar-refractivity contribution in [3.63, 3.8) is 0 Å². The fourth-order valence-electron chi connectivity index (χ4n) is 1.34. The highest BCUT2D eigenvalue weighted by molar-refractivity contribution is 4.75. The van der Waals surface area contributed by atoms with Crippen LogP contribution in [0.15, 0.2) is 0 Å². The minimum atomic E-state index is -1.75. The summed E-state index contributed by atoms with van der Waals surface area (Å²) in [5, 5.41) is 0. The minimum Gasteiger partial charge on any atom is -0.251 e. The summed E-state index contributed by atoms with van der Waals surface area (Å²) in [6, 6.07) is 0. The Hall–Kier alpha value is -0.0700. The van der Waals surface area contributed by atoms with Crippen LogP contribution in [-0.4, -0.2) is 6.67 Å². The minimum absolute atomic E-state index is 0. The van der Waals surface area contributed by atoms with Gasteiger partial charge in [-0.3, -0.25) is 4.39 Å². The van der Waals surface area contributed by atoms with Gasteiger partial charge in [-0.15, -0.1) is 0 Å². The van der Waals surface area contributed by atoms with E-state index in [0.717, 1.165) is 29.6 Å². The van der Waals surface area contributed by atoms with Crippen molar-refractivity contribution >= 4 is 0 Å². The fourth-order valence-corrected chi connectivity index (χ4v) is 1.34. The summed E-state index contributed by atoms with van der Waals surface area (Å²) in [7, 11) is 0. The molecule has 34 heavy (non-hydrogen) atoms. The molecular weight excluding hydrogens is 415 g/mol. The van der Waals surface area contributed by atoms with Crippen LogP contribution in [0, 0.1) is 41.4 Å². The molecule has 0 aromatic rings. The zero-order valence-corrected chi connectivity index (χ0v) is 24.2. The first kappa shape index (κ1) is 47.2. The van der Waals surface area contributed by atoms with Crippen LogP contribution in [0.3, 0.4) is 0 Å². The molecule has 0 radical (unpaired) electrons. The molecule has 0 N–H and O–H groups in total. The van der Waals surface area contributed by atoms with E-state index >= 15 is 0 Å². The van der Waals surface area contributed by atoms with Gasteiger partial charge in [-0.2, -0.15) is 0 Å². The van der Waals surface area contributed by atoms with Crippen LogP contribution in [0.2, 0.25) is 0 Å². The SMILES string of the molecule is C.C.C.C.CC(C)C.CC(C)C1CC1.CC(C)CF.CCC(C)C.CCCC(C)C.[2H]C([2H])([2H])C(C)C. The van der Waals surface area contributed by atoms with Gasteiger partial charge >= 0.3 is 0 Å². The topological polar surface area (TPSA) is 0 Å². The largest absolute Gasteiger partial charge is 0.251 e. The molecule has 0 aromatic carbocycles. The summed E-state index contributed by atoms with van der Waals surface area (Å²) in [5.41, 5.74) is 0. The van der Waals surface area contributed by atoms with Crippen molar-refractivity contribution in [1.82, 2.24) is 0 Å². The van der Waals surface area contributed by atoms with Gasteiger partial charge in [-0.05, 0) is 54.3 Å². The van der Waals surface area contributed by atoms with E-state index < -0.39 is 6.85 Å². The standard InChI is InChI=1S/C6H12.C6H14.C5H12.C4H9F.2C4H10.4CH4/c1-5(2)6-3-4-6;1-4-5-6(2)3;1-4-5(2)3;1-4(2)3-5;2*1-4(2)3;;;;/h5-6H,3-4H2,1-2H3;6H,4-5H2,1-3H3;5H,4H2,1-3H3;4H,3H2,1-2H3;2*4H,1-3H3;4*1H4/i;;;;1D3;;;;;. The Morgan fingerprint density at radius 2 is 0.912 bits per heavy atom. The molecule has 0 aliphatic heterocycles. The van der Waals surface area contributed by atoms with Crippen molar-refractivity contribution in [2.75, 3.05) is 6.67 Å². The van der Waals surface area contributed by atoms with Gasteiger partial charge in [0.1, 0.15) is 0 Å². The molecular formula is C33H83F. The molecule has 1 saturated carbocycles. The summed E-state index contributed by atoms with van der Waals surface area (Å²) in [5.74, 6) is 4.70. The van der Waals surface area contributed by atoms with Crippen LogP contribution in [-0.2, 0) is 0 Å². The molecule has 0 saturated heterocycles. The Bertz CT molecular complexity index is 318. The maximum Gasteiger partial charge on any atom is 0.0917 e. The van der Waals surface area contributed by atoms with Crippen molar-refractivity contribution in [3.05, 3.63) is 0 Å². The molecule has 0 aromatic heterocycles. The third kappa shape index (κ3) is 157. The Kier molecular flexibility index (Phi) is 64.2. The van der Waals surface area contributed by atoms with Gasteiger partial charge in [0.15, 0.2) is 0 Å². The van der Waals surface area contributed by atoms with Gasteiger partial charge in [-0.1, -0.05) is 160 Å². The van der Waals surface area contributed by atoms with Gasteiger partial charge in [0, 0.05) is 4.11 Å². The summed E-state index contributed by atoms with van der Waals surface area (Å²) in [4.78, 5) is 0. The molecule has 1 aliphatic rings. The number of hydrogen-bond acceptors (Lipinski definition) is 0. The van der Waals surface area contributed by atoms with Crippen molar-refractivity contribution in [1.29, 1.82) is 0 Å². The second-order valence-electron chi connectivity index (χ2n) is 11.0. The molecule has 0 heterocycles. The monoisotopic (exact) mass is 502 g/mol. The van der Waals surface area contributed by atoms with Crippen molar-refractivity contribution < 1.29 is 8.50 Å². The first-order chi connectivity index (χ1) is 14.8. The Balaban J connectivity index is -0.0000000358. The molecule has 0 amide bonds. The highest BCUT2D eigenvalue weighted by atomic mass is 19.1. The Morgan fingerprint density at radius 3 is 0.912 bits per heavy atom. The van der Waals surface area contributed by atoms with Crippen LogP contribution >= 0.6 is 0 Å².